The fraction of sp³-hybridized carbons (Fsp3) is 0.724. The van der Waals surface area contributed by atoms with E-state index in [9.17, 15) is 19.8 Å². The molecule has 0 aromatic heterocycles. The van der Waals surface area contributed by atoms with Gasteiger partial charge in [0.1, 0.15) is 0 Å². The highest BCUT2D eigenvalue weighted by Gasteiger charge is 2.27. The van der Waals surface area contributed by atoms with Crippen molar-refractivity contribution in [3.8, 4) is 0 Å². The molecule has 0 aliphatic heterocycles. The molecular formula is C29H48O4. The predicted molar refractivity (Wildman–Crippen MR) is 138 cm³/mol. The lowest BCUT2D eigenvalue weighted by Gasteiger charge is -2.12. The van der Waals surface area contributed by atoms with E-state index >= 15 is 0 Å². The molecular weight excluding hydrogens is 412 g/mol. The van der Waals surface area contributed by atoms with Crippen LogP contribution in [0.5, 0.6) is 0 Å². The standard InChI is InChI=1S/C29H48O4/c1-2-3-4-5-6-7-8-9-10-11-12-13-14-15-16-17-18-19-20-21-22-23-25-28(32)26(30)24-27(31)29(25)33/h5-6,24,30,33H,2-4,7-23H2,1H3. The molecule has 1 aliphatic rings. The maximum absolute atomic E-state index is 11.8. The second kappa shape index (κ2) is 19.6. The largest absolute Gasteiger partial charge is 0.504 e. The van der Waals surface area contributed by atoms with Gasteiger partial charge in [-0.15, -0.1) is 0 Å². The molecule has 0 saturated carbocycles. The number of aliphatic hydroxyl groups is 2. The van der Waals surface area contributed by atoms with Crippen molar-refractivity contribution in [2.24, 2.45) is 0 Å². The first-order valence-electron chi connectivity index (χ1n) is 13.6. The molecule has 1 aliphatic carbocycles. The maximum Gasteiger partial charge on any atom is 0.227 e. The van der Waals surface area contributed by atoms with Gasteiger partial charge < -0.3 is 10.2 Å². The van der Waals surface area contributed by atoms with Gasteiger partial charge in [0.05, 0.1) is 0 Å². The number of aliphatic hydroxyl groups excluding tert-OH is 2. The summed E-state index contributed by atoms with van der Waals surface area (Å²) in [5.74, 6) is -2.35. The second-order valence-electron chi connectivity index (χ2n) is 9.51. The number of hydrogen-bond donors (Lipinski definition) is 2. The molecule has 0 aromatic rings. The van der Waals surface area contributed by atoms with E-state index in [1.54, 1.807) is 0 Å². The van der Waals surface area contributed by atoms with Gasteiger partial charge in [0.15, 0.2) is 11.5 Å². The molecule has 4 heteroatoms. The fourth-order valence-electron chi connectivity index (χ4n) is 4.32. The molecule has 188 valence electrons. The van der Waals surface area contributed by atoms with E-state index in [0.29, 0.717) is 6.42 Å². The molecule has 0 radical (unpaired) electrons. The van der Waals surface area contributed by atoms with E-state index in [0.717, 1.165) is 25.3 Å². The average Bonchev–Trinajstić information content (AvgIpc) is 2.80. The lowest BCUT2D eigenvalue weighted by atomic mass is 9.94. The average molecular weight is 461 g/mol. The van der Waals surface area contributed by atoms with Crippen molar-refractivity contribution < 1.29 is 19.8 Å². The highest BCUT2D eigenvalue weighted by atomic mass is 16.3. The number of unbranched alkanes of at least 4 members (excludes halogenated alkanes) is 17. The molecule has 0 aromatic carbocycles. The molecule has 0 unspecified atom stereocenters. The van der Waals surface area contributed by atoms with Crippen LogP contribution in [0.4, 0.5) is 0 Å². The molecule has 4 nitrogen and oxygen atoms in total. The van der Waals surface area contributed by atoms with E-state index in [1.807, 2.05) is 0 Å². The molecule has 0 spiro atoms. The molecule has 0 atom stereocenters. The number of rotatable bonds is 21. The van der Waals surface area contributed by atoms with Gasteiger partial charge in [0.25, 0.3) is 0 Å². The summed E-state index contributed by atoms with van der Waals surface area (Å²) in [5, 5.41) is 19.2. The van der Waals surface area contributed by atoms with Crippen molar-refractivity contribution in [1.82, 2.24) is 0 Å². The van der Waals surface area contributed by atoms with E-state index in [-0.39, 0.29) is 5.57 Å². The van der Waals surface area contributed by atoms with Crippen molar-refractivity contribution in [1.29, 1.82) is 0 Å². The van der Waals surface area contributed by atoms with Gasteiger partial charge in [-0.25, -0.2) is 0 Å². The number of hydrogen-bond acceptors (Lipinski definition) is 4. The first-order chi connectivity index (χ1) is 16.1. The van der Waals surface area contributed by atoms with Crippen LogP contribution in [-0.4, -0.2) is 21.8 Å². The fourth-order valence-corrected chi connectivity index (χ4v) is 4.32. The minimum Gasteiger partial charge on any atom is -0.504 e. The van der Waals surface area contributed by atoms with Crippen molar-refractivity contribution in [3.63, 3.8) is 0 Å². The number of allylic oxidation sites excluding steroid dienone is 4. The quantitative estimate of drug-likeness (QED) is 0.102. The monoisotopic (exact) mass is 460 g/mol. The zero-order chi connectivity index (χ0) is 24.2. The Kier molecular flexibility index (Phi) is 17.4. The summed E-state index contributed by atoms with van der Waals surface area (Å²) < 4.78 is 0. The Labute approximate surface area is 202 Å². The Morgan fingerprint density at radius 3 is 1.55 bits per heavy atom. The van der Waals surface area contributed by atoms with E-state index in [4.69, 9.17) is 0 Å². The van der Waals surface area contributed by atoms with Crippen LogP contribution in [0.2, 0.25) is 0 Å². The number of carbonyl (C=O) groups excluding carboxylic acids is 2. The van der Waals surface area contributed by atoms with Gasteiger partial charge in [-0.05, 0) is 32.1 Å². The van der Waals surface area contributed by atoms with Crippen molar-refractivity contribution >= 4 is 11.6 Å². The Morgan fingerprint density at radius 1 is 0.636 bits per heavy atom. The van der Waals surface area contributed by atoms with Crippen LogP contribution in [-0.2, 0) is 9.59 Å². The summed E-state index contributed by atoms with van der Waals surface area (Å²) in [5.41, 5.74) is 0.0648. The smallest absolute Gasteiger partial charge is 0.227 e. The van der Waals surface area contributed by atoms with Gasteiger partial charge in [0.2, 0.25) is 11.6 Å². The van der Waals surface area contributed by atoms with E-state index < -0.39 is 23.1 Å². The summed E-state index contributed by atoms with van der Waals surface area (Å²) >= 11 is 0. The van der Waals surface area contributed by atoms with Crippen LogP contribution in [0.25, 0.3) is 0 Å². The molecule has 1 rings (SSSR count). The highest BCUT2D eigenvalue weighted by molar-refractivity contribution is 6.20. The Balaban J connectivity index is 1.82. The third-order valence-electron chi connectivity index (χ3n) is 6.48. The highest BCUT2D eigenvalue weighted by Crippen LogP contribution is 2.22. The summed E-state index contributed by atoms with van der Waals surface area (Å²) in [6, 6.07) is 0. The Morgan fingerprint density at radius 2 is 1.06 bits per heavy atom. The van der Waals surface area contributed by atoms with Crippen molar-refractivity contribution in [2.75, 3.05) is 0 Å². The SMILES string of the molecule is CCCCC=CCCCCCCCCCCCCCCCCCC1=C(O)C(=O)C=C(O)C1=O. The van der Waals surface area contributed by atoms with Gasteiger partial charge in [-0.2, -0.15) is 0 Å². The Bertz CT molecular complexity index is 642. The van der Waals surface area contributed by atoms with Crippen LogP contribution in [0, 0.1) is 0 Å². The summed E-state index contributed by atoms with van der Waals surface area (Å²) in [7, 11) is 0. The van der Waals surface area contributed by atoms with Gasteiger partial charge >= 0.3 is 0 Å². The molecule has 33 heavy (non-hydrogen) atoms. The molecule has 0 heterocycles. The van der Waals surface area contributed by atoms with Crippen LogP contribution in [0.15, 0.2) is 35.3 Å². The third-order valence-corrected chi connectivity index (χ3v) is 6.48. The number of Topliss-reactive ketones (excluding diaryl/α,β-unsaturated/α-hetero) is 1. The predicted octanol–water partition coefficient (Wildman–Crippen LogP) is 8.77. The van der Waals surface area contributed by atoms with E-state index in [2.05, 4.69) is 19.1 Å². The van der Waals surface area contributed by atoms with Crippen LogP contribution < -0.4 is 0 Å². The lowest BCUT2D eigenvalue weighted by Crippen LogP contribution is -2.19. The number of ketones is 2. The van der Waals surface area contributed by atoms with Gasteiger partial charge in [0, 0.05) is 11.6 Å². The summed E-state index contributed by atoms with van der Waals surface area (Å²) in [4.78, 5) is 23.3. The molecule has 0 saturated heterocycles. The summed E-state index contributed by atoms with van der Waals surface area (Å²) in [6.45, 7) is 2.24. The van der Waals surface area contributed by atoms with Gasteiger partial charge in [-0.1, -0.05) is 115 Å². The first kappa shape index (κ1) is 29.2. The van der Waals surface area contributed by atoms with Crippen LogP contribution in [0.1, 0.15) is 135 Å². The Hall–Kier alpha value is -1.84. The molecule has 0 bridgehead atoms. The van der Waals surface area contributed by atoms with Gasteiger partial charge in [-0.3, -0.25) is 9.59 Å². The van der Waals surface area contributed by atoms with Crippen LogP contribution >= 0.6 is 0 Å². The first-order valence-corrected chi connectivity index (χ1v) is 13.6. The summed E-state index contributed by atoms with van der Waals surface area (Å²) in [6.07, 6.45) is 29.9. The molecule has 0 amide bonds. The lowest BCUT2D eigenvalue weighted by molar-refractivity contribution is -0.119. The topological polar surface area (TPSA) is 74.6 Å². The second-order valence-corrected chi connectivity index (χ2v) is 9.51. The minimum atomic E-state index is -0.678. The minimum absolute atomic E-state index is 0.0648. The third kappa shape index (κ3) is 14.1. The van der Waals surface area contributed by atoms with Crippen molar-refractivity contribution in [2.45, 2.75) is 135 Å². The van der Waals surface area contributed by atoms with Crippen LogP contribution in [0.3, 0.4) is 0 Å². The molecule has 2 N–H and O–H groups in total. The normalized spacial score (nSPS) is 14.5. The van der Waals surface area contributed by atoms with Crippen molar-refractivity contribution in [3.05, 3.63) is 35.3 Å². The maximum atomic E-state index is 11.8. The number of carbonyl (C=O) groups is 2. The molecule has 0 fully saturated rings. The van der Waals surface area contributed by atoms with E-state index in [1.165, 1.54) is 103 Å². The zero-order valence-corrected chi connectivity index (χ0v) is 21.1. The zero-order valence-electron chi connectivity index (χ0n) is 21.1.